The van der Waals surface area contributed by atoms with Gasteiger partial charge in [0, 0.05) is 18.1 Å². The van der Waals surface area contributed by atoms with E-state index in [1.54, 1.807) is 0 Å². The van der Waals surface area contributed by atoms with Gasteiger partial charge in [0.1, 0.15) is 6.20 Å². The molecule has 2 aromatic rings. The van der Waals surface area contributed by atoms with Crippen molar-refractivity contribution in [1.82, 2.24) is 15.6 Å². The van der Waals surface area contributed by atoms with Crippen molar-refractivity contribution >= 4 is 29.0 Å². The van der Waals surface area contributed by atoms with Crippen LogP contribution in [0.1, 0.15) is 28.9 Å². The summed E-state index contributed by atoms with van der Waals surface area (Å²) < 4.78 is 11.3. The van der Waals surface area contributed by atoms with Crippen LogP contribution in [0.3, 0.4) is 0 Å². The number of aromatic nitrogens is 1. The molecule has 8 heteroatoms. The van der Waals surface area contributed by atoms with Gasteiger partial charge in [-0.25, -0.2) is 4.98 Å². The number of nitrogens with one attached hydrogen (secondary N) is 2. The Labute approximate surface area is 142 Å². The van der Waals surface area contributed by atoms with Gasteiger partial charge in [-0.1, -0.05) is 0 Å². The van der Waals surface area contributed by atoms with Crippen molar-refractivity contribution in [3.63, 3.8) is 0 Å². The Balaban J connectivity index is 1.38. The number of ether oxygens (including phenoxy) is 1. The Morgan fingerprint density at radius 2 is 2.43 bits per heavy atom. The molecular formula is C15H17N3O3S2. The van der Waals surface area contributed by atoms with Crippen LogP contribution in [0.5, 0.6) is 5.95 Å². The second-order valence-electron chi connectivity index (χ2n) is 5.73. The zero-order valence-corrected chi connectivity index (χ0v) is 14.2. The van der Waals surface area contributed by atoms with E-state index in [0.717, 1.165) is 17.1 Å². The second kappa shape index (κ2) is 6.18. The zero-order chi connectivity index (χ0) is 15.8. The van der Waals surface area contributed by atoms with Crippen LogP contribution in [0.15, 0.2) is 32.2 Å². The van der Waals surface area contributed by atoms with Gasteiger partial charge in [0.2, 0.25) is 0 Å². The number of rotatable bonds is 5. The minimum atomic E-state index is 0.00573. The fraction of sp³-hybridized carbons (Fsp3) is 0.467. The molecule has 2 N–H and O–H groups in total. The van der Waals surface area contributed by atoms with Gasteiger partial charge < -0.3 is 19.8 Å². The van der Waals surface area contributed by atoms with E-state index < -0.39 is 0 Å². The topological polar surface area (TPSA) is 76.4 Å². The maximum Gasteiger partial charge on any atom is 0.305 e. The average molecular weight is 351 g/mol. The van der Waals surface area contributed by atoms with Crippen LogP contribution in [0, 0.1) is 0 Å². The van der Waals surface area contributed by atoms with Crippen molar-refractivity contribution in [3.8, 4) is 5.95 Å². The van der Waals surface area contributed by atoms with E-state index >= 15 is 0 Å². The van der Waals surface area contributed by atoms with E-state index in [4.69, 9.17) is 9.15 Å². The Morgan fingerprint density at radius 1 is 1.52 bits per heavy atom. The number of oxazole rings is 1. The van der Waals surface area contributed by atoms with Crippen molar-refractivity contribution in [3.05, 3.63) is 23.2 Å². The fourth-order valence-corrected chi connectivity index (χ4v) is 5.02. The van der Waals surface area contributed by atoms with E-state index in [9.17, 15) is 4.79 Å². The largest absolute Gasteiger partial charge is 0.467 e. The molecule has 2 fully saturated rings. The molecule has 2 bridgehead atoms. The minimum absolute atomic E-state index is 0.00573. The maximum absolute atomic E-state index is 12.4. The Kier molecular flexibility index (Phi) is 4.04. The number of hydrogen-bond donors (Lipinski definition) is 2. The van der Waals surface area contributed by atoms with Crippen molar-refractivity contribution in [2.75, 3.05) is 7.11 Å². The molecular weight excluding hydrogens is 334 g/mol. The second-order valence-corrected chi connectivity index (χ2v) is 8.07. The summed E-state index contributed by atoms with van der Waals surface area (Å²) in [7, 11) is 1.53. The fourth-order valence-electron chi connectivity index (χ4n) is 3.19. The van der Waals surface area contributed by atoms with E-state index in [1.807, 2.05) is 12.1 Å². The number of hydrogen-bond acceptors (Lipinski definition) is 7. The summed E-state index contributed by atoms with van der Waals surface area (Å²) in [5.74, 6) is 0.386. The molecule has 23 heavy (non-hydrogen) atoms. The molecule has 0 radical (unpaired) electrons. The lowest BCUT2D eigenvalue weighted by atomic mass is 9.95. The lowest BCUT2D eigenvalue weighted by molar-refractivity contribution is 0.0935. The van der Waals surface area contributed by atoms with Crippen molar-refractivity contribution in [2.45, 2.75) is 46.8 Å². The monoisotopic (exact) mass is 351 g/mol. The highest BCUT2D eigenvalue weighted by Crippen LogP contribution is 2.34. The molecule has 2 aliphatic rings. The molecule has 2 aromatic heterocycles. The van der Waals surface area contributed by atoms with Crippen LogP contribution in [0.2, 0.25) is 0 Å². The van der Waals surface area contributed by atoms with Crippen LogP contribution in [-0.2, 0) is 0 Å². The minimum Gasteiger partial charge on any atom is -0.467 e. The predicted molar refractivity (Wildman–Crippen MR) is 87.3 cm³/mol. The first-order valence-electron chi connectivity index (χ1n) is 7.55. The number of nitrogens with zero attached hydrogens (tertiary/aromatic N) is 1. The molecule has 1 amide bonds. The molecule has 0 saturated carbocycles. The van der Waals surface area contributed by atoms with Gasteiger partial charge in [0.25, 0.3) is 11.1 Å². The maximum atomic E-state index is 12.4. The number of fused-ring (bicyclic) bond motifs is 2. The molecule has 0 aromatic carbocycles. The summed E-state index contributed by atoms with van der Waals surface area (Å²) in [5, 5.41) is 7.20. The Bertz CT molecular complexity index is 714. The molecule has 4 rings (SSSR count). The summed E-state index contributed by atoms with van der Waals surface area (Å²) in [5.41, 5.74) is 0. The zero-order valence-electron chi connectivity index (χ0n) is 12.6. The third-order valence-corrected chi connectivity index (χ3v) is 6.35. The lowest BCUT2D eigenvalue weighted by Crippen LogP contribution is -2.42. The molecule has 0 spiro atoms. The van der Waals surface area contributed by atoms with Gasteiger partial charge in [0.05, 0.1) is 16.2 Å². The van der Waals surface area contributed by atoms with Gasteiger partial charge in [-0.3, -0.25) is 4.79 Å². The number of carbonyl (C=O) groups is 1. The smallest absolute Gasteiger partial charge is 0.305 e. The molecule has 2 aliphatic heterocycles. The molecule has 6 nitrogen and oxygen atoms in total. The highest BCUT2D eigenvalue weighted by molar-refractivity contribution is 8.01. The van der Waals surface area contributed by atoms with Crippen LogP contribution >= 0.6 is 23.1 Å². The van der Waals surface area contributed by atoms with E-state index in [1.165, 1.54) is 42.8 Å². The standard InChI is InChI=1S/C15H17N3O3S2/c1-20-12-7-16-15(21-12)23-13-5-4-11(22-13)14(19)18-10-6-8-2-3-9(10)17-8/h4-5,7-10,17H,2-3,6H2,1H3,(H,18,19). The highest BCUT2D eigenvalue weighted by atomic mass is 32.2. The summed E-state index contributed by atoms with van der Waals surface area (Å²) in [6, 6.07) is 5.05. The summed E-state index contributed by atoms with van der Waals surface area (Å²) in [6.07, 6.45) is 4.97. The van der Waals surface area contributed by atoms with Gasteiger partial charge in [-0.2, -0.15) is 0 Å². The highest BCUT2D eigenvalue weighted by Gasteiger charge is 2.39. The Hall–Kier alpha value is -1.51. The van der Waals surface area contributed by atoms with E-state index in [2.05, 4.69) is 15.6 Å². The third kappa shape index (κ3) is 3.11. The molecule has 3 unspecified atom stereocenters. The SMILES string of the molecule is COc1cnc(Sc2ccc(C(=O)NC3CC4CCC3N4)s2)o1. The van der Waals surface area contributed by atoms with E-state index in [0.29, 0.717) is 28.1 Å². The molecule has 122 valence electrons. The predicted octanol–water partition coefficient (Wildman–Crippen LogP) is 2.52. The quantitative estimate of drug-likeness (QED) is 0.862. The first kappa shape index (κ1) is 15.0. The summed E-state index contributed by atoms with van der Waals surface area (Å²) in [4.78, 5) is 17.2. The number of methoxy groups -OCH3 is 1. The molecule has 2 saturated heterocycles. The number of amides is 1. The van der Waals surface area contributed by atoms with E-state index in [-0.39, 0.29) is 11.9 Å². The van der Waals surface area contributed by atoms with Crippen molar-refractivity contribution in [2.24, 2.45) is 0 Å². The van der Waals surface area contributed by atoms with Crippen LogP contribution < -0.4 is 15.4 Å². The van der Waals surface area contributed by atoms with Crippen LogP contribution in [0.25, 0.3) is 0 Å². The third-order valence-electron chi connectivity index (χ3n) is 4.27. The summed E-state index contributed by atoms with van der Waals surface area (Å²) >= 11 is 2.83. The number of carbonyl (C=O) groups excluding carboxylic acids is 1. The normalized spacial score (nSPS) is 25.7. The van der Waals surface area contributed by atoms with Gasteiger partial charge in [-0.15, -0.1) is 11.3 Å². The average Bonchev–Trinajstić information content (AvgIpc) is 3.32. The van der Waals surface area contributed by atoms with Gasteiger partial charge >= 0.3 is 5.95 Å². The molecule has 0 aliphatic carbocycles. The van der Waals surface area contributed by atoms with Gasteiger partial charge in [-0.05, 0) is 43.2 Å². The number of thiophene rings is 1. The summed E-state index contributed by atoms with van der Waals surface area (Å²) in [6.45, 7) is 0. The molecule has 4 heterocycles. The van der Waals surface area contributed by atoms with Crippen LogP contribution in [-0.4, -0.2) is 36.1 Å². The lowest BCUT2D eigenvalue weighted by Gasteiger charge is -2.20. The van der Waals surface area contributed by atoms with Gasteiger partial charge in [0.15, 0.2) is 0 Å². The van der Waals surface area contributed by atoms with Crippen LogP contribution in [0.4, 0.5) is 0 Å². The van der Waals surface area contributed by atoms with Crippen molar-refractivity contribution < 1.29 is 13.9 Å². The molecule has 3 atom stereocenters. The van der Waals surface area contributed by atoms with Crippen molar-refractivity contribution in [1.29, 1.82) is 0 Å². The first-order valence-corrected chi connectivity index (χ1v) is 9.19. The Morgan fingerprint density at radius 3 is 3.13 bits per heavy atom. The first-order chi connectivity index (χ1) is 11.2.